The maximum absolute atomic E-state index is 11.1. The summed E-state index contributed by atoms with van der Waals surface area (Å²) in [6.45, 7) is 5.36. The topological polar surface area (TPSA) is 85.7 Å². The van der Waals surface area contributed by atoms with E-state index in [2.05, 4.69) is 15.2 Å². The Morgan fingerprint density at radius 3 is 2.81 bits per heavy atom. The molecule has 0 amide bonds. The average molecular weight is 293 g/mol. The van der Waals surface area contributed by atoms with Crippen LogP contribution >= 0.6 is 0 Å². The maximum Gasteiger partial charge on any atom is 0.339 e. The molecule has 0 spiro atoms. The standard InChI is InChI=1S/C15H23N3O3/c1-11-3-4-13(15(20)21)14(17-11)16-7-2-8-18-9-5-12(19)6-10-18/h3-4,12,19H,2,5-10H2,1H3,(H,16,17)(H,20,21). The number of rotatable bonds is 6. The third-order valence-electron chi connectivity index (χ3n) is 3.77. The second-order valence-corrected chi connectivity index (χ2v) is 5.51. The summed E-state index contributed by atoms with van der Waals surface area (Å²) in [5, 5.41) is 21.7. The van der Waals surface area contributed by atoms with Crippen molar-refractivity contribution in [3.05, 3.63) is 23.4 Å². The third-order valence-corrected chi connectivity index (χ3v) is 3.77. The molecule has 6 nitrogen and oxygen atoms in total. The van der Waals surface area contributed by atoms with Crippen LogP contribution in [-0.4, -0.2) is 58.3 Å². The lowest BCUT2D eigenvalue weighted by molar-refractivity contribution is 0.0697. The van der Waals surface area contributed by atoms with Gasteiger partial charge in [-0.3, -0.25) is 0 Å². The first-order valence-corrected chi connectivity index (χ1v) is 7.41. The van der Waals surface area contributed by atoms with Gasteiger partial charge in [-0.1, -0.05) is 0 Å². The minimum Gasteiger partial charge on any atom is -0.478 e. The number of pyridine rings is 1. The number of hydrogen-bond acceptors (Lipinski definition) is 5. The number of carboxylic acid groups (broad SMARTS) is 1. The van der Waals surface area contributed by atoms with Gasteiger partial charge in [-0.05, 0) is 44.9 Å². The van der Waals surface area contributed by atoms with E-state index in [1.807, 2.05) is 6.92 Å². The summed E-state index contributed by atoms with van der Waals surface area (Å²) >= 11 is 0. The van der Waals surface area contributed by atoms with E-state index in [9.17, 15) is 9.90 Å². The first kappa shape index (κ1) is 15.7. The highest BCUT2D eigenvalue weighted by molar-refractivity contribution is 5.93. The van der Waals surface area contributed by atoms with Crippen LogP contribution in [0.3, 0.4) is 0 Å². The zero-order valence-corrected chi connectivity index (χ0v) is 12.4. The predicted octanol–water partition coefficient (Wildman–Crippen LogP) is 1.35. The molecule has 0 saturated carbocycles. The Morgan fingerprint density at radius 1 is 1.43 bits per heavy atom. The summed E-state index contributed by atoms with van der Waals surface area (Å²) in [6.07, 6.45) is 2.46. The van der Waals surface area contributed by atoms with Gasteiger partial charge in [0.25, 0.3) is 0 Å². The van der Waals surface area contributed by atoms with E-state index in [0.29, 0.717) is 12.4 Å². The molecule has 2 rings (SSSR count). The van der Waals surface area contributed by atoms with Crippen molar-refractivity contribution in [1.29, 1.82) is 0 Å². The van der Waals surface area contributed by atoms with Gasteiger partial charge in [-0.2, -0.15) is 0 Å². The zero-order chi connectivity index (χ0) is 15.2. The lowest BCUT2D eigenvalue weighted by Crippen LogP contribution is -2.36. The van der Waals surface area contributed by atoms with Crippen molar-refractivity contribution in [1.82, 2.24) is 9.88 Å². The second-order valence-electron chi connectivity index (χ2n) is 5.51. The highest BCUT2D eigenvalue weighted by atomic mass is 16.4. The van der Waals surface area contributed by atoms with Crippen molar-refractivity contribution in [3.63, 3.8) is 0 Å². The van der Waals surface area contributed by atoms with E-state index >= 15 is 0 Å². The van der Waals surface area contributed by atoms with Gasteiger partial charge in [-0.25, -0.2) is 9.78 Å². The van der Waals surface area contributed by atoms with Crippen LogP contribution in [0.5, 0.6) is 0 Å². The van der Waals surface area contributed by atoms with Crippen molar-refractivity contribution in [2.24, 2.45) is 0 Å². The van der Waals surface area contributed by atoms with E-state index in [-0.39, 0.29) is 11.7 Å². The Balaban J connectivity index is 1.78. The fourth-order valence-electron chi connectivity index (χ4n) is 2.52. The van der Waals surface area contributed by atoms with Gasteiger partial charge in [0.1, 0.15) is 11.4 Å². The number of hydrogen-bond donors (Lipinski definition) is 3. The van der Waals surface area contributed by atoms with Gasteiger partial charge >= 0.3 is 5.97 Å². The molecule has 0 atom stereocenters. The molecule has 0 radical (unpaired) electrons. The molecule has 116 valence electrons. The molecule has 0 bridgehead atoms. The van der Waals surface area contributed by atoms with Crippen molar-refractivity contribution in [2.75, 3.05) is 31.5 Å². The summed E-state index contributed by atoms with van der Waals surface area (Å²) in [5.41, 5.74) is 1.01. The smallest absolute Gasteiger partial charge is 0.339 e. The Morgan fingerprint density at radius 2 is 2.14 bits per heavy atom. The van der Waals surface area contributed by atoms with Crippen LogP contribution in [0.25, 0.3) is 0 Å². The Labute approximate surface area is 124 Å². The van der Waals surface area contributed by atoms with E-state index in [0.717, 1.165) is 44.6 Å². The predicted molar refractivity (Wildman–Crippen MR) is 80.7 cm³/mol. The fraction of sp³-hybridized carbons (Fsp3) is 0.600. The van der Waals surface area contributed by atoms with E-state index in [1.165, 1.54) is 0 Å². The molecule has 1 fully saturated rings. The molecule has 1 aromatic rings. The van der Waals surface area contributed by atoms with Crippen molar-refractivity contribution >= 4 is 11.8 Å². The van der Waals surface area contributed by atoms with E-state index in [1.54, 1.807) is 12.1 Å². The van der Waals surface area contributed by atoms with Crippen molar-refractivity contribution in [2.45, 2.75) is 32.3 Å². The van der Waals surface area contributed by atoms with Gasteiger partial charge in [0.2, 0.25) is 0 Å². The molecule has 0 unspecified atom stereocenters. The molecular weight excluding hydrogens is 270 g/mol. The Bertz CT molecular complexity index is 485. The molecule has 6 heteroatoms. The van der Waals surface area contributed by atoms with Crippen LogP contribution < -0.4 is 5.32 Å². The van der Waals surface area contributed by atoms with E-state index < -0.39 is 5.97 Å². The Hall–Kier alpha value is -1.66. The molecule has 3 N–H and O–H groups in total. The van der Waals surface area contributed by atoms with E-state index in [4.69, 9.17) is 5.11 Å². The minimum absolute atomic E-state index is 0.144. The van der Waals surface area contributed by atoms with Crippen molar-refractivity contribution in [3.8, 4) is 0 Å². The van der Waals surface area contributed by atoms with Crippen molar-refractivity contribution < 1.29 is 15.0 Å². The number of carboxylic acids is 1. The summed E-state index contributed by atoms with van der Waals surface area (Å²) in [4.78, 5) is 17.7. The van der Waals surface area contributed by atoms with Crippen LogP contribution in [0.4, 0.5) is 5.82 Å². The largest absolute Gasteiger partial charge is 0.478 e. The average Bonchev–Trinajstić information content (AvgIpc) is 2.45. The summed E-state index contributed by atoms with van der Waals surface area (Å²) in [7, 11) is 0. The Kier molecular flexibility index (Phi) is 5.52. The molecule has 1 aliphatic rings. The van der Waals surface area contributed by atoms with Crippen LogP contribution in [0.1, 0.15) is 35.3 Å². The number of aliphatic hydroxyl groups is 1. The minimum atomic E-state index is -0.963. The first-order valence-electron chi connectivity index (χ1n) is 7.41. The van der Waals surface area contributed by atoms with Gasteiger partial charge in [0.15, 0.2) is 0 Å². The van der Waals surface area contributed by atoms with Gasteiger partial charge < -0.3 is 20.4 Å². The van der Waals surface area contributed by atoms with Crippen LogP contribution in [0.15, 0.2) is 12.1 Å². The number of aryl methyl sites for hydroxylation is 1. The first-order chi connectivity index (χ1) is 10.1. The van der Waals surface area contributed by atoms with Crippen LogP contribution in [0.2, 0.25) is 0 Å². The number of nitrogens with one attached hydrogen (secondary N) is 1. The monoisotopic (exact) mass is 293 g/mol. The number of piperidine rings is 1. The normalized spacial score (nSPS) is 16.9. The number of anilines is 1. The SMILES string of the molecule is Cc1ccc(C(=O)O)c(NCCCN2CCC(O)CC2)n1. The summed E-state index contributed by atoms with van der Waals surface area (Å²) in [6, 6.07) is 3.28. The summed E-state index contributed by atoms with van der Waals surface area (Å²) in [5.74, 6) is -0.522. The number of likely N-dealkylation sites (tertiary alicyclic amines) is 1. The fourth-order valence-corrected chi connectivity index (χ4v) is 2.52. The lowest BCUT2D eigenvalue weighted by Gasteiger charge is -2.29. The number of aromatic nitrogens is 1. The highest BCUT2D eigenvalue weighted by Gasteiger charge is 2.16. The summed E-state index contributed by atoms with van der Waals surface area (Å²) < 4.78 is 0. The third kappa shape index (κ3) is 4.68. The highest BCUT2D eigenvalue weighted by Crippen LogP contribution is 2.14. The van der Waals surface area contributed by atoms with Gasteiger partial charge in [-0.15, -0.1) is 0 Å². The number of aliphatic hydroxyl groups excluding tert-OH is 1. The molecule has 2 heterocycles. The quantitative estimate of drug-likeness (QED) is 0.686. The molecule has 1 aliphatic heterocycles. The zero-order valence-electron chi connectivity index (χ0n) is 12.4. The number of nitrogens with zero attached hydrogens (tertiary/aromatic N) is 2. The molecule has 1 saturated heterocycles. The molecule has 1 aromatic heterocycles. The van der Waals surface area contributed by atoms with Crippen LogP contribution in [-0.2, 0) is 0 Å². The van der Waals surface area contributed by atoms with Gasteiger partial charge in [0.05, 0.1) is 6.10 Å². The lowest BCUT2D eigenvalue weighted by atomic mass is 10.1. The second kappa shape index (κ2) is 7.38. The van der Waals surface area contributed by atoms with Crippen LogP contribution in [0, 0.1) is 6.92 Å². The molecule has 0 aliphatic carbocycles. The maximum atomic E-state index is 11.1. The molecule has 0 aromatic carbocycles. The number of aromatic carboxylic acids is 1. The van der Waals surface area contributed by atoms with Gasteiger partial charge in [0, 0.05) is 25.3 Å². The number of carbonyl (C=O) groups is 1. The molecule has 21 heavy (non-hydrogen) atoms. The molecular formula is C15H23N3O3.